The molecular formula is C18H32N6O8. The van der Waals surface area contributed by atoms with Gasteiger partial charge in [0.1, 0.15) is 12.1 Å². The third-order valence-electron chi connectivity index (χ3n) is 4.68. The molecule has 6 unspecified atom stereocenters. The van der Waals surface area contributed by atoms with Gasteiger partial charge in [0.2, 0.25) is 29.5 Å². The summed E-state index contributed by atoms with van der Waals surface area (Å²) in [5, 5.41) is 25.0. The van der Waals surface area contributed by atoms with Crippen LogP contribution in [-0.4, -0.2) is 76.0 Å². The van der Waals surface area contributed by atoms with E-state index in [2.05, 4.69) is 10.6 Å². The highest BCUT2D eigenvalue weighted by molar-refractivity contribution is 5.97. The maximum atomic E-state index is 12.7. The summed E-state index contributed by atoms with van der Waals surface area (Å²) < 4.78 is 0. The van der Waals surface area contributed by atoms with Gasteiger partial charge in [-0.15, -0.1) is 0 Å². The molecule has 0 aromatic heterocycles. The molecule has 0 aliphatic heterocycles. The third-order valence-corrected chi connectivity index (χ3v) is 4.68. The standard InChI is InChI=1S/C18H32N6O8/c1-4-7(2)13(21)17(30)23-9(5-11(19)26)15(28)22-10(6-12(20)27)16(29)24-14(8(3)25)18(31)32/h7-10,13-14,25H,4-6,21H2,1-3H3,(H2,19,26)(H2,20,27)(H,22,28)(H,23,30)(H,24,29)(H,31,32). The second-order valence-electron chi connectivity index (χ2n) is 7.44. The van der Waals surface area contributed by atoms with Crippen LogP contribution in [0.1, 0.15) is 40.0 Å². The van der Waals surface area contributed by atoms with Crippen molar-refractivity contribution in [1.82, 2.24) is 16.0 Å². The average Bonchev–Trinajstić information content (AvgIpc) is 2.68. The number of hydrogen-bond donors (Lipinski definition) is 8. The van der Waals surface area contributed by atoms with E-state index in [4.69, 9.17) is 22.3 Å². The lowest BCUT2D eigenvalue weighted by molar-refractivity contribution is -0.145. The van der Waals surface area contributed by atoms with Crippen LogP contribution in [0.25, 0.3) is 0 Å². The molecule has 0 radical (unpaired) electrons. The zero-order valence-corrected chi connectivity index (χ0v) is 18.2. The van der Waals surface area contributed by atoms with Gasteiger partial charge >= 0.3 is 5.97 Å². The zero-order chi connectivity index (χ0) is 25.2. The van der Waals surface area contributed by atoms with Crippen LogP contribution in [0, 0.1) is 5.92 Å². The SMILES string of the molecule is CCC(C)C(N)C(=O)NC(CC(N)=O)C(=O)NC(CC(N)=O)C(=O)NC(C(=O)O)C(C)O. The molecule has 0 heterocycles. The lowest BCUT2D eigenvalue weighted by Crippen LogP contribution is -2.59. The molecule has 0 rings (SSSR count). The molecule has 0 aromatic rings. The number of aliphatic carboxylic acids is 1. The number of carbonyl (C=O) groups excluding carboxylic acids is 5. The number of primary amides is 2. The van der Waals surface area contributed by atoms with Crippen LogP contribution in [0.5, 0.6) is 0 Å². The average molecular weight is 460 g/mol. The smallest absolute Gasteiger partial charge is 0.328 e. The molecule has 0 saturated heterocycles. The number of carboxylic acid groups (broad SMARTS) is 1. The van der Waals surface area contributed by atoms with Crippen LogP contribution in [-0.2, 0) is 28.8 Å². The highest BCUT2D eigenvalue weighted by atomic mass is 16.4. The summed E-state index contributed by atoms with van der Waals surface area (Å²) >= 11 is 0. The van der Waals surface area contributed by atoms with E-state index in [1.165, 1.54) is 0 Å². The van der Waals surface area contributed by atoms with Crippen LogP contribution < -0.4 is 33.2 Å². The Kier molecular flexibility index (Phi) is 11.9. The Morgan fingerprint density at radius 2 is 1.22 bits per heavy atom. The van der Waals surface area contributed by atoms with Gasteiger partial charge < -0.3 is 43.4 Å². The number of aliphatic hydroxyl groups is 1. The summed E-state index contributed by atoms with van der Waals surface area (Å²) in [6, 6.07) is -5.90. The minimum atomic E-state index is -1.73. The summed E-state index contributed by atoms with van der Waals surface area (Å²) in [6.07, 6.45) is -2.30. The predicted octanol–water partition coefficient (Wildman–Crippen LogP) is -3.97. The molecule has 14 nitrogen and oxygen atoms in total. The van der Waals surface area contributed by atoms with E-state index in [9.17, 15) is 33.9 Å². The van der Waals surface area contributed by atoms with Crippen LogP contribution in [0.3, 0.4) is 0 Å². The Balaban J connectivity index is 5.58. The maximum Gasteiger partial charge on any atom is 0.328 e. The minimum absolute atomic E-state index is 0.242. The molecule has 32 heavy (non-hydrogen) atoms. The Labute approximate surface area is 184 Å². The van der Waals surface area contributed by atoms with E-state index >= 15 is 0 Å². The number of nitrogens with one attached hydrogen (secondary N) is 3. The monoisotopic (exact) mass is 460 g/mol. The molecule has 182 valence electrons. The highest BCUT2D eigenvalue weighted by Gasteiger charge is 2.33. The van der Waals surface area contributed by atoms with Gasteiger partial charge in [0, 0.05) is 0 Å². The lowest BCUT2D eigenvalue weighted by Gasteiger charge is -2.25. The summed E-state index contributed by atoms with van der Waals surface area (Å²) in [6.45, 7) is 4.62. The van der Waals surface area contributed by atoms with Crippen molar-refractivity contribution in [2.75, 3.05) is 0 Å². The van der Waals surface area contributed by atoms with Crippen molar-refractivity contribution in [2.24, 2.45) is 23.1 Å². The molecule has 0 fully saturated rings. The fourth-order valence-electron chi connectivity index (χ4n) is 2.52. The minimum Gasteiger partial charge on any atom is -0.480 e. The Hall–Kier alpha value is -3.26. The molecule has 5 amide bonds. The summed E-state index contributed by atoms with van der Waals surface area (Å²) in [5.74, 6) is -6.69. The molecule has 0 spiro atoms. The van der Waals surface area contributed by atoms with Crippen molar-refractivity contribution in [3.63, 3.8) is 0 Å². The van der Waals surface area contributed by atoms with Gasteiger partial charge in [-0.1, -0.05) is 20.3 Å². The number of amides is 5. The second-order valence-corrected chi connectivity index (χ2v) is 7.44. The number of carbonyl (C=O) groups is 6. The Morgan fingerprint density at radius 3 is 1.56 bits per heavy atom. The predicted molar refractivity (Wildman–Crippen MR) is 110 cm³/mol. The van der Waals surface area contributed by atoms with Crippen LogP contribution >= 0.6 is 0 Å². The van der Waals surface area contributed by atoms with Gasteiger partial charge in [-0.05, 0) is 12.8 Å². The molecule has 0 saturated carbocycles. The fraction of sp³-hybridized carbons (Fsp3) is 0.667. The van der Waals surface area contributed by atoms with E-state index < -0.39 is 78.6 Å². The van der Waals surface area contributed by atoms with E-state index in [1.807, 2.05) is 5.32 Å². The second kappa shape index (κ2) is 13.2. The van der Waals surface area contributed by atoms with Crippen molar-refractivity contribution in [3.8, 4) is 0 Å². The first kappa shape index (κ1) is 28.7. The van der Waals surface area contributed by atoms with Gasteiger partial charge in [-0.3, -0.25) is 24.0 Å². The first-order valence-electron chi connectivity index (χ1n) is 9.85. The van der Waals surface area contributed by atoms with Crippen molar-refractivity contribution in [2.45, 2.75) is 70.3 Å². The fourth-order valence-corrected chi connectivity index (χ4v) is 2.52. The van der Waals surface area contributed by atoms with E-state index in [0.717, 1.165) is 6.92 Å². The number of nitrogens with two attached hydrogens (primary N) is 3. The largest absolute Gasteiger partial charge is 0.480 e. The first-order chi connectivity index (χ1) is 14.7. The topological polar surface area (TPSA) is 257 Å². The normalized spacial score (nSPS) is 16.4. The van der Waals surface area contributed by atoms with Gasteiger partial charge in [-0.2, -0.15) is 0 Å². The van der Waals surface area contributed by atoms with Crippen LogP contribution in [0.2, 0.25) is 0 Å². The molecule has 6 atom stereocenters. The zero-order valence-electron chi connectivity index (χ0n) is 18.2. The molecule has 0 aliphatic carbocycles. The van der Waals surface area contributed by atoms with Crippen molar-refractivity contribution < 1.29 is 39.0 Å². The number of rotatable bonds is 14. The summed E-state index contributed by atoms with van der Waals surface area (Å²) in [4.78, 5) is 71.3. The molecule has 14 heteroatoms. The molecule has 0 aliphatic rings. The molecule has 0 bridgehead atoms. The van der Waals surface area contributed by atoms with Gasteiger partial charge in [0.25, 0.3) is 0 Å². The van der Waals surface area contributed by atoms with E-state index in [-0.39, 0.29) is 5.92 Å². The highest BCUT2D eigenvalue weighted by Crippen LogP contribution is 2.07. The number of carboxylic acids is 1. The Morgan fingerprint density at radius 1 is 0.812 bits per heavy atom. The van der Waals surface area contributed by atoms with E-state index in [0.29, 0.717) is 6.42 Å². The van der Waals surface area contributed by atoms with Gasteiger partial charge in [0.15, 0.2) is 6.04 Å². The van der Waals surface area contributed by atoms with Gasteiger partial charge in [0.05, 0.1) is 25.0 Å². The third kappa shape index (κ3) is 9.70. The van der Waals surface area contributed by atoms with Crippen molar-refractivity contribution in [1.29, 1.82) is 0 Å². The summed E-state index contributed by atoms with van der Waals surface area (Å²) in [5.41, 5.74) is 16.0. The van der Waals surface area contributed by atoms with Gasteiger partial charge in [-0.25, -0.2) is 4.79 Å². The van der Waals surface area contributed by atoms with Crippen molar-refractivity contribution >= 4 is 35.5 Å². The Bertz CT molecular complexity index is 728. The van der Waals surface area contributed by atoms with Crippen LogP contribution in [0.15, 0.2) is 0 Å². The number of hydrogen-bond acceptors (Lipinski definition) is 8. The maximum absolute atomic E-state index is 12.7. The quantitative estimate of drug-likeness (QED) is 0.125. The lowest BCUT2D eigenvalue weighted by atomic mass is 9.99. The number of aliphatic hydroxyl groups excluding tert-OH is 1. The summed E-state index contributed by atoms with van der Waals surface area (Å²) in [7, 11) is 0. The molecule has 0 aromatic carbocycles. The van der Waals surface area contributed by atoms with Crippen molar-refractivity contribution in [3.05, 3.63) is 0 Å². The first-order valence-corrected chi connectivity index (χ1v) is 9.85. The molecular weight excluding hydrogens is 428 g/mol. The van der Waals surface area contributed by atoms with Crippen LogP contribution in [0.4, 0.5) is 0 Å². The molecule has 11 N–H and O–H groups in total. The van der Waals surface area contributed by atoms with E-state index in [1.54, 1.807) is 13.8 Å².